The summed E-state index contributed by atoms with van der Waals surface area (Å²) in [5.41, 5.74) is -0.0445. The molecule has 0 bridgehead atoms. The second-order valence-corrected chi connectivity index (χ2v) is 3.84. The van der Waals surface area contributed by atoms with E-state index in [9.17, 15) is 9.59 Å². The highest BCUT2D eigenvalue weighted by Crippen LogP contribution is 1.93. The van der Waals surface area contributed by atoms with Crippen LogP contribution in [0.3, 0.4) is 0 Å². The van der Waals surface area contributed by atoms with Gasteiger partial charge in [-0.2, -0.15) is 5.10 Å². The quantitative estimate of drug-likeness (QED) is 0.743. The van der Waals surface area contributed by atoms with Gasteiger partial charge in [-0.15, -0.1) is 0 Å². The van der Waals surface area contributed by atoms with Crippen LogP contribution < -0.4 is 10.9 Å². The monoisotopic (exact) mass is 239 g/mol. The van der Waals surface area contributed by atoms with E-state index in [0.717, 1.165) is 6.42 Å². The van der Waals surface area contributed by atoms with Crippen molar-refractivity contribution in [3.63, 3.8) is 0 Å². The molecule has 6 nitrogen and oxygen atoms in total. The molecule has 0 radical (unpaired) electrons. The Kier molecular flexibility index (Phi) is 4.84. The number of rotatable bonds is 5. The molecule has 94 valence electrons. The van der Waals surface area contributed by atoms with Gasteiger partial charge in [-0.25, -0.2) is 4.68 Å². The lowest BCUT2D eigenvalue weighted by molar-refractivity contribution is 0.0914. The minimum atomic E-state index is -0.392. The van der Waals surface area contributed by atoms with Gasteiger partial charge in [0.2, 0.25) is 0 Å². The molecule has 0 fully saturated rings. The Hall–Kier alpha value is -1.69. The molecule has 0 saturated heterocycles. The van der Waals surface area contributed by atoms with Crippen LogP contribution in [0.15, 0.2) is 16.9 Å². The van der Waals surface area contributed by atoms with Crippen molar-refractivity contribution in [2.24, 2.45) is 0 Å². The number of aliphatic hydroxyl groups is 1. The first-order chi connectivity index (χ1) is 8.08. The number of nitrogens with zero attached hydrogens (tertiary/aromatic N) is 2. The standard InChI is InChI=1S/C11H17N3O3/c1-3-6-14-10(16)5-4-9(13-14)11(17)12-8(2)7-15/h4-5,8,15H,3,6-7H2,1-2H3,(H,12,17). The van der Waals surface area contributed by atoms with Crippen LogP contribution in [0.4, 0.5) is 0 Å². The molecule has 1 unspecified atom stereocenters. The fourth-order valence-corrected chi connectivity index (χ4v) is 1.29. The smallest absolute Gasteiger partial charge is 0.272 e. The molecule has 1 heterocycles. The van der Waals surface area contributed by atoms with E-state index in [1.165, 1.54) is 16.8 Å². The van der Waals surface area contributed by atoms with Crippen molar-refractivity contribution >= 4 is 5.91 Å². The number of nitrogens with one attached hydrogen (secondary N) is 1. The molecule has 1 atom stereocenters. The molecule has 1 aromatic rings. The van der Waals surface area contributed by atoms with Crippen LogP contribution in [0.1, 0.15) is 30.8 Å². The van der Waals surface area contributed by atoms with Crippen molar-refractivity contribution < 1.29 is 9.90 Å². The van der Waals surface area contributed by atoms with Gasteiger partial charge in [0, 0.05) is 18.7 Å². The lowest BCUT2D eigenvalue weighted by Gasteiger charge is -2.10. The predicted octanol–water partition coefficient (Wildman–Crippen LogP) is -0.236. The number of aliphatic hydroxyl groups excluding tert-OH is 1. The first-order valence-electron chi connectivity index (χ1n) is 5.58. The fourth-order valence-electron chi connectivity index (χ4n) is 1.29. The molecule has 0 aliphatic heterocycles. The summed E-state index contributed by atoms with van der Waals surface area (Å²) >= 11 is 0. The van der Waals surface area contributed by atoms with Gasteiger partial charge in [-0.3, -0.25) is 9.59 Å². The largest absolute Gasteiger partial charge is 0.394 e. The summed E-state index contributed by atoms with van der Waals surface area (Å²) < 4.78 is 1.26. The van der Waals surface area contributed by atoms with E-state index in [1.54, 1.807) is 6.92 Å². The van der Waals surface area contributed by atoms with Crippen LogP contribution in [0.5, 0.6) is 0 Å². The average molecular weight is 239 g/mol. The van der Waals surface area contributed by atoms with Crippen molar-refractivity contribution in [3.8, 4) is 0 Å². The number of carbonyl (C=O) groups is 1. The van der Waals surface area contributed by atoms with Crippen LogP contribution in [-0.4, -0.2) is 33.4 Å². The maximum Gasteiger partial charge on any atom is 0.272 e. The number of hydrogen-bond donors (Lipinski definition) is 2. The molecule has 1 rings (SSSR count). The van der Waals surface area contributed by atoms with Gasteiger partial charge in [-0.05, 0) is 19.4 Å². The molecule has 2 N–H and O–H groups in total. The third kappa shape index (κ3) is 3.67. The first kappa shape index (κ1) is 13.4. The predicted molar refractivity (Wildman–Crippen MR) is 62.8 cm³/mol. The third-order valence-electron chi connectivity index (χ3n) is 2.19. The lowest BCUT2D eigenvalue weighted by atomic mass is 10.3. The Labute approximate surface area is 99.3 Å². The van der Waals surface area contributed by atoms with Crippen molar-refractivity contribution in [2.75, 3.05) is 6.61 Å². The molecular weight excluding hydrogens is 222 g/mol. The highest BCUT2D eigenvalue weighted by atomic mass is 16.3. The Morgan fingerprint density at radius 3 is 2.88 bits per heavy atom. The summed E-state index contributed by atoms with van der Waals surface area (Å²) in [5.74, 6) is -0.392. The Morgan fingerprint density at radius 1 is 1.59 bits per heavy atom. The molecule has 6 heteroatoms. The zero-order valence-electron chi connectivity index (χ0n) is 10.0. The van der Waals surface area contributed by atoms with Gasteiger partial charge >= 0.3 is 0 Å². The van der Waals surface area contributed by atoms with Gasteiger partial charge < -0.3 is 10.4 Å². The molecule has 0 aliphatic rings. The van der Waals surface area contributed by atoms with E-state index in [1.807, 2.05) is 6.92 Å². The summed E-state index contributed by atoms with van der Waals surface area (Å²) in [5, 5.41) is 15.4. The van der Waals surface area contributed by atoms with Crippen LogP contribution in [0.2, 0.25) is 0 Å². The van der Waals surface area contributed by atoms with Gasteiger partial charge in [0.25, 0.3) is 11.5 Å². The van der Waals surface area contributed by atoms with Gasteiger partial charge in [0.05, 0.1) is 6.61 Å². The molecule has 1 aromatic heterocycles. The Balaban J connectivity index is 2.87. The van der Waals surface area contributed by atoms with E-state index < -0.39 is 5.91 Å². The minimum Gasteiger partial charge on any atom is -0.394 e. The fraction of sp³-hybridized carbons (Fsp3) is 0.545. The number of hydrogen-bond acceptors (Lipinski definition) is 4. The van der Waals surface area contributed by atoms with Gasteiger partial charge in [0.15, 0.2) is 0 Å². The van der Waals surface area contributed by atoms with E-state index >= 15 is 0 Å². The summed E-state index contributed by atoms with van der Waals surface area (Å²) in [6, 6.07) is 2.37. The molecule has 0 aliphatic carbocycles. The van der Waals surface area contributed by atoms with E-state index in [4.69, 9.17) is 5.11 Å². The summed E-state index contributed by atoms with van der Waals surface area (Å²) in [4.78, 5) is 23.1. The van der Waals surface area contributed by atoms with Crippen molar-refractivity contribution in [2.45, 2.75) is 32.9 Å². The second-order valence-electron chi connectivity index (χ2n) is 3.84. The number of aromatic nitrogens is 2. The van der Waals surface area contributed by atoms with Gasteiger partial charge in [-0.1, -0.05) is 6.92 Å². The normalized spacial score (nSPS) is 12.2. The number of carbonyl (C=O) groups excluding carboxylic acids is 1. The highest BCUT2D eigenvalue weighted by Gasteiger charge is 2.11. The molecule has 0 aromatic carbocycles. The van der Waals surface area contributed by atoms with Crippen molar-refractivity contribution in [1.29, 1.82) is 0 Å². The molecule has 1 amide bonds. The zero-order chi connectivity index (χ0) is 12.8. The maximum atomic E-state index is 11.7. The van der Waals surface area contributed by atoms with Crippen LogP contribution in [0, 0.1) is 0 Å². The van der Waals surface area contributed by atoms with Crippen molar-refractivity contribution in [1.82, 2.24) is 15.1 Å². The molecular formula is C11H17N3O3. The van der Waals surface area contributed by atoms with E-state index in [-0.39, 0.29) is 23.9 Å². The molecule has 0 saturated carbocycles. The number of amides is 1. The Bertz CT molecular complexity index is 442. The average Bonchev–Trinajstić information content (AvgIpc) is 2.32. The summed E-state index contributed by atoms with van der Waals surface area (Å²) in [6.07, 6.45) is 0.769. The van der Waals surface area contributed by atoms with Crippen LogP contribution in [-0.2, 0) is 6.54 Å². The summed E-state index contributed by atoms with van der Waals surface area (Å²) in [6.45, 7) is 3.95. The second kappa shape index (κ2) is 6.15. The minimum absolute atomic E-state index is 0.139. The van der Waals surface area contributed by atoms with Gasteiger partial charge in [0.1, 0.15) is 5.69 Å². The summed E-state index contributed by atoms with van der Waals surface area (Å²) in [7, 11) is 0. The number of aryl methyl sites for hydroxylation is 1. The maximum absolute atomic E-state index is 11.7. The first-order valence-corrected chi connectivity index (χ1v) is 5.58. The topological polar surface area (TPSA) is 84.2 Å². The van der Waals surface area contributed by atoms with E-state index in [2.05, 4.69) is 10.4 Å². The van der Waals surface area contributed by atoms with Crippen LogP contribution >= 0.6 is 0 Å². The highest BCUT2D eigenvalue weighted by molar-refractivity contribution is 5.92. The van der Waals surface area contributed by atoms with E-state index in [0.29, 0.717) is 6.54 Å². The lowest BCUT2D eigenvalue weighted by Crippen LogP contribution is -2.36. The Morgan fingerprint density at radius 2 is 2.29 bits per heavy atom. The SMILES string of the molecule is CCCn1nc(C(=O)NC(C)CO)ccc1=O. The third-order valence-corrected chi connectivity index (χ3v) is 2.19. The molecule has 17 heavy (non-hydrogen) atoms. The zero-order valence-corrected chi connectivity index (χ0v) is 10.0. The van der Waals surface area contributed by atoms with Crippen molar-refractivity contribution in [3.05, 3.63) is 28.2 Å². The van der Waals surface area contributed by atoms with Crippen LogP contribution in [0.25, 0.3) is 0 Å². The molecule has 0 spiro atoms.